The Morgan fingerprint density at radius 3 is 2.68 bits per heavy atom. The molecule has 0 aliphatic rings. The van der Waals surface area contributed by atoms with Crippen LogP contribution in [0.25, 0.3) is 11.5 Å². The Balaban J connectivity index is 1.59. The zero-order valence-corrected chi connectivity index (χ0v) is 14.0. The Bertz CT molecular complexity index is 905. The molecule has 0 unspecified atom stereocenters. The summed E-state index contributed by atoms with van der Waals surface area (Å²) in [7, 11) is 0. The van der Waals surface area contributed by atoms with Gasteiger partial charge in [0.2, 0.25) is 11.8 Å². The second kappa shape index (κ2) is 7.25. The molecule has 1 N–H and O–H groups in total. The van der Waals surface area contributed by atoms with Crippen LogP contribution in [-0.4, -0.2) is 16.1 Å². The van der Waals surface area contributed by atoms with Crippen molar-refractivity contribution in [2.45, 2.75) is 26.7 Å². The third-order valence-electron chi connectivity index (χ3n) is 3.93. The minimum Gasteiger partial charge on any atom is -0.421 e. The highest BCUT2D eigenvalue weighted by Crippen LogP contribution is 2.21. The molecule has 0 aliphatic heterocycles. The number of carbonyl (C=O) groups is 1. The van der Waals surface area contributed by atoms with Crippen molar-refractivity contribution in [2.24, 2.45) is 0 Å². The molecule has 1 heterocycles. The first-order valence-electron chi connectivity index (χ1n) is 7.97. The number of rotatable bonds is 5. The van der Waals surface area contributed by atoms with Gasteiger partial charge in [-0.15, -0.1) is 10.2 Å². The van der Waals surface area contributed by atoms with Gasteiger partial charge in [0.25, 0.3) is 5.89 Å². The van der Waals surface area contributed by atoms with Gasteiger partial charge < -0.3 is 9.73 Å². The molecule has 2 aromatic carbocycles. The van der Waals surface area contributed by atoms with E-state index >= 15 is 0 Å². The van der Waals surface area contributed by atoms with E-state index in [0.29, 0.717) is 5.89 Å². The van der Waals surface area contributed by atoms with Crippen LogP contribution >= 0.6 is 0 Å². The van der Waals surface area contributed by atoms with E-state index in [1.807, 2.05) is 32.0 Å². The highest BCUT2D eigenvalue weighted by atomic mass is 19.1. The van der Waals surface area contributed by atoms with Gasteiger partial charge in [0.15, 0.2) is 0 Å². The molecule has 0 bridgehead atoms. The molecule has 25 heavy (non-hydrogen) atoms. The maximum atomic E-state index is 13.7. The third-order valence-corrected chi connectivity index (χ3v) is 3.93. The van der Waals surface area contributed by atoms with Crippen LogP contribution in [0.3, 0.4) is 0 Å². The van der Waals surface area contributed by atoms with Crippen LogP contribution in [0.15, 0.2) is 46.9 Å². The van der Waals surface area contributed by atoms with Crippen molar-refractivity contribution in [3.05, 3.63) is 65.3 Å². The molecule has 6 heteroatoms. The molecule has 128 valence electrons. The maximum Gasteiger partial charge on any atom is 0.250 e. The highest BCUT2D eigenvalue weighted by Gasteiger charge is 2.13. The van der Waals surface area contributed by atoms with E-state index in [1.54, 1.807) is 18.2 Å². The van der Waals surface area contributed by atoms with Crippen molar-refractivity contribution in [3.63, 3.8) is 0 Å². The van der Waals surface area contributed by atoms with E-state index in [1.165, 1.54) is 11.6 Å². The number of nitrogens with zero attached hydrogens (tertiary/aromatic N) is 2. The lowest BCUT2D eigenvalue weighted by molar-refractivity contribution is -0.116. The molecular formula is C19H18FN3O2. The lowest BCUT2D eigenvalue weighted by Crippen LogP contribution is -2.12. The lowest BCUT2D eigenvalue weighted by Gasteiger charge is -2.07. The molecule has 3 aromatic rings. The van der Waals surface area contributed by atoms with E-state index < -0.39 is 5.82 Å². The number of hydrogen-bond donors (Lipinski definition) is 1. The Kier molecular flexibility index (Phi) is 4.88. The predicted octanol–water partition coefficient (Wildman–Crippen LogP) is 4.06. The van der Waals surface area contributed by atoms with Gasteiger partial charge >= 0.3 is 0 Å². The Labute approximate surface area is 144 Å². The Morgan fingerprint density at radius 2 is 1.92 bits per heavy atom. The fourth-order valence-corrected chi connectivity index (χ4v) is 2.36. The van der Waals surface area contributed by atoms with Crippen LogP contribution in [0.2, 0.25) is 0 Å². The smallest absolute Gasteiger partial charge is 0.250 e. The fourth-order valence-electron chi connectivity index (χ4n) is 2.36. The molecule has 5 nitrogen and oxygen atoms in total. The van der Waals surface area contributed by atoms with Gasteiger partial charge in [-0.25, -0.2) is 4.39 Å². The van der Waals surface area contributed by atoms with Crippen molar-refractivity contribution in [2.75, 3.05) is 5.32 Å². The number of nitrogens with one attached hydrogen (secondary N) is 1. The van der Waals surface area contributed by atoms with Gasteiger partial charge in [-0.2, -0.15) is 0 Å². The van der Waals surface area contributed by atoms with Crippen molar-refractivity contribution < 1.29 is 13.6 Å². The topological polar surface area (TPSA) is 68.0 Å². The molecule has 1 amide bonds. The SMILES string of the molecule is Cc1ccc(NC(=O)CCc2nnc(-c3ccccc3F)o2)cc1C. The molecule has 0 saturated heterocycles. The second-order valence-electron chi connectivity index (χ2n) is 5.83. The minimum atomic E-state index is -0.426. The zero-order valence-electron chi connectivity index (χ0n) is 14.0. The number of amides is 1. The summed E-state index contributed by atoms with van der Waals surface area (Å²) in [6.07, 6.45) is 0.490. The van der Waals surface area contributed by atoms with Gasteiger partial charge in [0.05, 0.1) is 5.56 Å². The summed E-state index contributed by atoms with van der Waals surface area (Å²) in [4.78, 5) is 12.1. The average Bonchev–Trinajstić information content (AvgIpc) is 3.05. The van der Waals surface area contributed by atoms with Crippen molar-refractivity contribution >= 4 is 11.6 Å². The van der Waals surface area contributed by atoms with Gasteiger partial charge in [-0.1, -0.05) is 18.2 Å². The van der Waals surface area contributed by atoms with E-state index in [2.05, 4.69) is 15.5 Å². The first kappa shape index (κ1) is 16.8. The summed E-state index contributed by atoms with van der Waals surface area (Å²) in [5.74, 6) is -0.157. The van der Waals surface area contributed by atoms with E-state index in [4.69, 9.17) is 4.42 Å². The Hall–Kier alpha value is -3.02. The molecule has 0 spiro atoms. The minimum absolute atomic E-state index is 0.114. The molecule has 3 rings (SSSR count). The van der Waals surface area contributed by atoms with Crippen LogP contribution in [0.4, 0.5) is 10.1 Å². The molecule has 0 atom stereocenters. The number of hydrogen-bond acceptors (Lipinski definition) is 4. The fraction of sp³-hybridized carbons (Fsp3) is 0.211. The third kappa shape index (κ3) is 4.09. The van der Waals surface area contributed by atoms with Crippen LogP contribution in [0.5, 0.6) is 0 Å². The summed E-state index contributed by atoms with van der Waals surface area (Å²) in [6, 6.07) is 11.9. The summed E-state index contributed by atoms with van der Waals surface area (Å²) in [5, 5.41) is 10.6. The number of aryl methyl sites for hydroxylation is 3. The number of halogens is 1. The maximum absolute atomic E-state index is 13.7. The molecule has 0 fully saturated rings. The van der Waals surface area contributed by atoms with Gasteiger partial charge in [0, 0.05) is 18.5 Å². The summed E-state index contributed by atoms with van der Waals surface area (Å²) in [5.41, 5.74) is 3.29. The van der Waals surface area contributed by atoms with Crippen LogP contribution in [-0.2, 0) is 11.2 Å². The quantitative estimate of drug-likeness (QED) is 0.761. The van der Waals surface area contributed by atoms with Gasteiger partial charge in [-0.3, -0.25) is 4.79 Å². The average molecular weight is 339 g/mol. The van der Waals surface area contributed by atoms with Crippen molar-refractivity contribution in [1.29, 1.82) is 0 Å². The molecule has 0 saturated carbocycles. The van der Waals surface area contributed by atoms with Crippen LogP contribution in [0.1, 0.15) is 23.4 Å². The lowest BCUT2D eigenvalue weighted by atomic mass is 10.1. The van der Waals surface area contributed by atoms with Crippen molar-refractivity contribution in [3.8, 4) is 11.5 Å². The normalized spacial score (nSPS) is 10.7. The first-order chi connectivity index (χ1) is 12.0. The zero-order chi connectivity index (χ0) is 17.8. The monoisotopic (exact) mass is 339 g/mol. The largest absolute Gasteiger partial charge is 0.421 e. The van der Waals surface area contributed by atoms with Crippen LogP contribution in [0, 0.1) is 19.7 Å². The standard InChI is InChI=1S/C19H18FN3O2/c1-12-7-8-14(11-13(12)2)21-17(24)9-10-18-22-23-19(25-18)15-5-3-4-6-16(15)20/h3-8,11H,9-10H2,1-2H3,(H,21,24). The molecule has 1 aromatic heterocycles. The summed E-state index contributed by atoms with van der Waals surface area (Å²) < 4.78 is 19.2. The number of carbonyl (C=O) groups excluding carboxylic acids is 1. The highest BCUT2D eigenvalue weighted by molar-refractivity contribution is 5.90. The second-order valence-corrected chi connectivity index (χ2v) is 5.83. The number of benzene rings is 2. The summed E-state index contributed by atoms with van der Waals surface area (Å²) in [6.45, 7) is 4.01. The molecule has 0 aliphatic carbocycles. The van der Waals surface area contributed by atoms with Crippen LogP contribution < -0.4 is 5.32 Å². The predicted molar refractivity (Wildman–Crippen MR) is 92.6 cm³/mol. The number of aromatic nitrogens is 2. The number of anilines is 1. The van der Waals surface area contributed by atoms with Gasteiger partial charge in [-0.05, 0) is 49.2 Å². The van der Waals surface area contributed by atoms with E-state index in [-0.39, 0.29) is 30.2 Å². The van der Waals surface area contributed by atoms with E-state index in [9.17, 15) is 9.18 Å². The summed E-state index contributed by atoms with van der Waals surface area (Å²) >= 11 is 0. The van der Waals surface area contributed by atoms with E-state index in [0.717, 1.165) is 11.3 Å². The van der Waals surface area contributed by atoms with Crippen molar-refractivity contribution in [1.82, 2.24) is 10.2 Å². The molecular weight excluding hydrogens is 321 g/mol. The van der Waals surface area contributed by atoms with Gasteiger partial charge in [0.1, 0.15) is 5.82 Å². The molecule has 0 radical (unpaired) electrons. The first-order valence-corrected chi connectivity index (χ1v) is 7.97. The Morgan fingerprint density at radius 1 is 1.12 bits per heavy atom.